The van der Waals surface area contributed by atoms with Crippen molar-refractivity contribution in [2.75, 3.05) is 0 Å². The molecule has 0 aliphatic rings. The highest BCUT2D eigenvalue weighted by atomic mass is 35.5. The molecule has 4 rings (SSSR count). The van der Waals surface area contributed by atoms with E-state index in [1.165, 1.54) is 0 Å². The topological polar surface area (TPSA) is 43.4 Å². The van der Waals surface area contributed by atoms with Gasteiger partial charge in [-0.2, -0.15) is 0 Å². The van der Waals surface area contributed by atoms with Crippen molar-refractivity contribution in [1.29, 1.82) is 0 Å². The molecule has 0 aliphatic carbocycles. The molecule has 0 bridgehead atoms. The standard InChI is InChI=1S/C15H6Cl2O3/c16-7-2-4-11-10(5-7)14-15(19-11)13(18)9-3-1-8(17)6-12(9)20-14/h1-6H. The zero-order valence-electron chi connectivity index (χ0n) is 9.94. The summed E-state index contributed by atoms with van der Waals surface area (Å²) < 4.78 is 11.4. The molecule has 4 aromatic rings. The van der Waals surface area contributed by atoms with E-state index >= 15 is 0 Å². The zero-order chi connectivity index (χ0) is 13.9. The zero-order valence-corrected chi connectivity index (χ0v) is 11.5. The molecule has 20 heavy (non-hydrogen) atoms. The molecular weight excluding hydrogens is 299 g/mol. The second-order valence-electron chi connectivity index (χ2n) is 4.47. The molecule has 0 N–H and O–H groups in total. The minimum atomic E-state index is -0.217. The van der Waals surface area contributed by atoms with Crippen LogP contribution in [0.5, 0.6) is 0 Å². The fourth-order valence-electron chi connectivity index (χ4n) is 2.30. The number of benzene rings is 2. The fourth-order valence-corrected chi connectivity index (χ4v) is 2.63. The summed E-state index contributed by atoms with van der Waals surface area (Å²) in [5.41, 5.74) is 1.36. The second-order valence-corrected chi connectivity index (χ2v) is 5.35. The lowest BCUT2D eigenvalue weighted by atomic mass is 10.2. The summed E-state index contributed by atoms with van der Waals surface area (Å²) in [5, 5.41) is 2.17. The highest BCUT2D eigenvalue weighted by Gasteiger charge is 2.16. The summed E-state index contributed by atoms with van der Waals surface area (Å²) in [6.45, 7) is 0. The van der Waals surface area contributed by atoms with Crippen LogP contribution in [0.3, 0.4) is 0 Å². The molecule has 2 aromatic carbocycles. The van der Waals surface area contributed by atoms with E-state index in [1.54, 1.807) is 36.4 Å². The van der Waals surface area contributed by atoms with Gasteiger partial charge in [0.1, 0.15) is 11.2 Å². The summed E-state index contributed by atoms with van der Waals surface area (Å²) in [7, 11) is 0. The monoisotopic (exact) mass is 304 g/mol. The van der Waals surface area contributed by atoms with E-state index in [1.807, 2.05) is 0 Å². The molecule has 2 aromatic heterocycles. The summed E-state index contributed by atoms with van der Waals surface area (Å²) in [4.78, 5) is 12.4. The van der Waals surface area contributed by atoms with Gasteiger partial charge in [0.05, 0.1) is 10.8 Å². The predicted molar refractivity (Wildman–Crippen MR) is 79.8 cm³/mol. The first kappa shape index (κ1) is 11.8. The van der Waals surface area contributed by atoms with Crippen LogP contribution in [-0.4, -0.2) is 0 Å². The third-order valence-electron chi connectivity index (χ3n) is 3.21. The Balaban J connectivity index is 2.30. The van der Waals surface area contributed by atoms with Crippen LogP contribution in [0, 0.1) is 0 Å². The smallest absolute Gasteiger partial charge is 0.235 e. The predicted octanol–water partition coefficient (Wildman–Crippen LogP) is 5.00. The third kappa shape index (κ3) is 1.57. The third-order valence-corrected chi connectivity index (χ3v) is 3.68. The van der Waals surface area contributed by atoms with E-state index < -0.39 is 0 Å². The molecule has 98 valence electrons. The normalized spacial score (nSPS) is 11.7. The van der Waals surface area contributed by atoms with Gasteiger partial charge >= 0.3 is 0 Å². The quantitative estimate of drug-likeness (QED) is 0.459. The number of fused-ring (bicyclic) bond motifs is 4. The van der Waals surface area contributed by atoms with Crippen LogP contribution < -0.4 is 5.43 Å². The summed E-state index contributed by atoms with van der Waals surface area (Å²) in [6, 6.07) is 10.0. The molecule has 0 radical (unpaired) electrons. The van der Waals surface area contributed by atoms with Crippen LogP contribution in [0.2, 0.25) is 10.0 Å². The Kier molecular flexibility index (Phi) is 2.37. The SMILES string of the molecule is O=c1c2ccc(Cl)cc2oc2c1oc1ccc(Cl)cc12. The molecule has 3 nitrogen and oxygen atoms in total. The Labute approximate surface area is 122 Å². The molecule has 0 spiro atoms. The minimum Gasteiger partial charge on any atom is -0.452 e. The van der Waals surface area contributed by atoms with Crippen molar-refractivity contribution in [2.45, 2.75) is 0 Å². The van der Waals surface area contributed by atoms with Crippen LogP contribution in [0.15, 0.2) is 50.0 Å². The molecule has 0 aliphatic heterocycles. The Bertz CT molecular complexity index is 1040. The van der Waals surface area contributed by atoms with Gasteiger partial charge in [0.2, 0.25) is 11.0 Å². The van der Waals surface area contributed by atoms with E-state index in [0.29, 0.717) is 37.6 Å². The van der Waals surface area contributed by atoms with Crippen molar-refractivity contribution in [3.63, 3.8) is 0 Å². The van der Waals surface area contributed by atoms with Crippen molar-refractivity contribution in [3.8, 4) is 0 Å². The second kappa shape index (κ2) is 4.01. The maximum absolute atomic E-state index is 12.4. The van der Waals surface area contributed by atoms with E-state index in [9.17, 15) is 4.79 Å². The molecule has 0 fully saturated rings. The molecule has 0 unspecified atom stereocenters. The van der Waals surface area contributed by atoms with Crippen molar-refractivity contribution >= 4 is 56.3 Å². The van der Waals surface area contributed by atoms with Crippen LogP contribution in [0.1, 0.15) is 0 Å². The fraction of sp³-hybridized carbons (Fsp3) is 0. The number of hydrogen-bond donors (Lipinski definition) is 0. The van der Waals surface area contributed by atoms with Gasteiger partial charge in [-0.1, -0.05) is 23.2 Å². The Morgan fingerprint density at radius 2 is 1.45 bits per heavy atom. The largest absolute Gasteiger partial charge is 0.452 e. The number of hydrogen-bond acceptors (Lipinski definition) is 3. The highest BCUT2D eigenvalue weighted by Crippen LogP contribution is 2.31. The summed E-state index contributed by atoms with van der Waals surface area (Å²) in [5.74, 6) is 0. The molecule has 2 heterocycles. The minimum absolute atomic E-state index is 0.192. The lowest BCUT2D eigenvalue weighted by molar-refractivity contribution is 0.630. The van der Waals surface area contributed by atoms with E-state index in [4.69, 9.17) is 32.0 Å². The van der Waals surface area contributed by atoms with Gasteiger partial charge in [-0.15, -0.1) is 0 Å². The van der Waals surface area contributed by atoms with Gasteiger partial charge in [-0.25, -0.2) is 0 Å². The van der Waals surface area contributed by atoms with Crippen LogP contribution in [0.25, 0.3) is 33.1 Å². The van der Waals surface area contributed by atoms with Crippen LogP contribution in [-0.2, 0) is 0 Å². The van der Waals surface area contributed by atoms with Gasteiger partial charge in [0.25, 0.3) is 0 Å². The molecule has 0 saturated carbocycles. The van der Waals surface area contributed by atoms with Crippen LogP contribution in [0.4, 0.5) is 0 Å². The first-order valence-electron chi connectivity index (χ1n) is 5.87. The van der Waals surface area contributed by atoms with E-state index in [2.05, 4.69) is 0 Å². The number of rotatable bonds is 0. The lowest BCUT2D eigenvalue weighted by Crippen LogP contribution is -1.99. The molecule has 0 amide bonds. The van der Waals surface area contributed by atoms with E-state index in [0.717, 1.165) is 0 Å². The number of furan rings is 1. The lowest BCUT2D eigenvalue weighted by Gasteiger charge is -1.97. The first-order valence-corrected chi connectivity index (χ1v) is 6.63. The van der Waals surface area contributed by atoms with Gasteiger partial charge < -0.3 is 8.83 Å². The molecular formula is C15H6Cl2O3. The highest BCUT2D eigenvalue weighted by molar-refractivity contribution is 6.32. The van der Waals surface area contributed by atoms with Crippen molar-refractivity contribution in [1.82, 2.24) is 0 Å². The Hall–Kier alpha value is -1.97. The van der Waals surface area contributed by atoms with Crippen LogP contribution >= 0.6 is 23.2 Å². The maximum atomic E-state index is 12.4. The molecule has 0 saturated heterocycles. The van der Waals surface area contributed by atoms with Gasteiger partial charge in [-0.05, 0) is 30.3 Å². The maximum Gasteiger partial charge on any atom is 0.235 e. The average Bonchev–Trinajstić information content (AvgIpc) is 2.77. The molecule has 5 heteroatoms. The van der Waals surface area contributed by atoms with Crippen molar-refractivity contribution in [2.24, 2.45) is 0 Å². The molecule has 0 atom stereocenters. The van der Waals surface area contributed by atoms with Crippen molar-refractivity contribution < 1.29 is 8.83 Å². The average molecular weight is 305 g/mol. The van der Waals surface area contributed by atoms with Gasteiger partial charge in [0, 0.05) is 16.1 Å². The van der Waals surface area contributed by atoms with Gasteiger partial charge in [0.15, 0.2) is 5.58 Å². The van der Waals surface area contributed by atoms with Crippen molar-refractivity contribution in [3.05, 3.63) is 56.7 Å². The first-order chi connectivity index (χ1) is 9.63. The van der Waals surface area contributed by atoms with E-state index in [-0.39, 0.29) is 11.0 Å². The Morgan fingerprint density at radius 3 is 2.30 bits per heavy atom. The summed E-state index contributed by atoms with van der Waals surface area (Å²) >= 11 is 11.9. The Morgan fingerprint density at radius 1 is 0.750 bits per heavy atom. The van der Waals surface area contributed by atoms with Gasteiger partial charge in [-0.3, -0.25) is 4.79 Å². The summed E-state index contributed by atoms with van der Waals surface area (Å²) in [6.07, 6.45) is 0. The number of halogens is 2.